The van der Waals surface area contributed by atoms with Gasteiger partial charge in [0, 0.05) is 50.2 Å². The van der Waals surface area contributed by atoms with E-state index in [9.17, 15) is 0 Å². The lowest BCUT2D eigenvalue weighted by Gasteiger charge is -2.35. The number of hydrogen-bond donors (Lipinski definition) is 1. The largest absolute Gasteiger partial charge is 0.314 e. The van der Waals surface area contributed by atoms with Crippen molar-refractivity contribution in [1.29, 1.82) is 0 Å². The van der Waals surface area contributed by atoms with Crippen LogP contribution in [0.3, 0.4) is 0 Å². The number of fused-ring (bicyclic) bond motifs is 1. The third-order valence-corrected chi connectivity index (χ3v) is 4.47. The minimum absolute atomic E-state index is 0.205. The van der Waals surface area contributed by atoms with E-state index in [0.717, 1.165) is 31.9 Å². The molecule has 1 fully saturated rings. The van der Waals surface area contributed by atoms with Crippen LogP contribution in [-0.4, -0.2) is 41.0 Å². The average Bonchev–Trinajstić information content (AvgIpc) is 2.64. The van der Waals surface area contributed by atoms with Crippen LogP contribution in [0.25, 0.3) is 10.8 Å². The lowest BCUT2D eigenvalue weighted by Crippen LogP contribution is -2.45. The lowest BCUT2D eigenvalue weighted by molar-refractivity contribution is 0.195. The lowest BCUT2D eigenvalue weighted by atomic mass is 9.98. The minimum atomic E-state index is 0.205. The molecule has 1 atom stereocenters. The molecule has 4 heteroatoms. The number of piperazine rings is 1. The van der Waals surface area contributed by atoms with Crippen LogP contribution in [0.15, 0.2) is 61.1 Å². The van der Waals surface area contributed by atoms with Crippen molar-refractivity contribution < 1.29 is 0 Å². The normalized spacial score (nSPS) is 17.2. The van der Waals surface area contributed by atoms with Crippen LogP contribution in [0.1, 0.15) is 17.3 Å². The van der Waals surface area contributed by atoms with Crippen LogP contribution in [0.2, 0.25) is 0 Å². The summed E-state index contributed by atoms with van der Waals surface area (Å²) in [6.45, 7) is 4.13. The summed E-state index contributed by atoms with van der Waals surface area (Å²) in [4.78, 5) is 11.4. The molecule has 0 bridgehead atoms. The SMILES string of the molecule is c1ccc(C(c2ccc3cnccc3c2)N2CCNCC2)nc1. The summed E-state index contributed by atoms with van der Waals surface area (Å²) in [5.41, 5.74) is 2.41. The van der Waals surface area contributed by atoms with E-state index < -0.39 is 0 Å². The zero-order valence-corrected chi connectivity index (χ0v) is 13.0. The van der Waals surface area contributed by atoms with Gasteiger partial charge in [0.15, 0.2) is 0 Å². The highest BCUT2D eigenvalue weighted by molar-refractivity contribution is 5.82. The number of hydrogen-bond acceptors (Lipinski definition) is 4. The Labute approximate surface area is 136 Å². The highest BCUT2D eigenvalue weighted by Crippen LogP contribution is 2.29. The molecule has 0 amide bonds. The first-order chi connectivity index (χ1) is 11.4. The van der Waals surface area contributed by atoms with Gasteiger partial charge in [-0.15, -0.1) is 0 Å². The van der Waals surface area contributed by atoms with Gasteiger partial charge in [0.05, 0.1) is 11.7 Å². The van der Waals surface area contributed by atoms with Gasteiger partial charge in [-0.05, 0) is 35.2 Å². The highest BCUT2D eigenvalue weighted by atomic mass is 15.2. The fourth-order valence-corrected chi connectivity index (χ4v) is 3.32. The van der Waals surface area contributed by atoms with Crippen molar-refractivity contribution in [2.24, 2.45) is 0 Å². The molecule has 1 aromatic carbocycles. The molecule has 1 N–H and O–H groups in total. The van der Waals surface area contributed by atoms with Gasteiger partial charge in [0.1, 0.15) is 0 Å². The number of rotatable bonds is 3. The van der Waals surface area contributed by atoms with Crippen LogP contribution in [-0.2, 0) is 0 Å². The summed E-state index contributed by atoms with van der Waals surface area (Å²) in [5.74, 6) is 0. The van der Waals surface area contributed by atoms with Gasteiger partial charge in [-0.3, -0.25) is 14.9 Å². The second-order valence-corrected chi connectivity index (χ2v) is 5.93. The maximum absolute atomic E-state index is 4.64. The molecule has 1 aliphatic rings. The van der Waals surface area contributed by atoms with Crippen molar-refractivity contribution >= 4 is 10.8 Å². The second kappa shape index (κ2) is 6.44. The minimum Gasteiger partial charge on any atom is -0.314 e. The van der Waals surface area contributed by atoms with Crippen LogP contribution >= 0.6 is 0 Å². The van der Waals surface area contributed by atoms with E-state index >= 15 is 0 Å². The topological polar surface area (TPSA) is 41.1 Å². The Morgan fingerprint density at radius 2 is 1.87 bits per heavy atom. The molecule has 2 aromatic heterocycles. The third kappa shape index (κ3) is 2.96. The fourth-order valence-electron chi connectivity index (χ4n) is 3.32. The first-order valence-electron chi connectivity index (χ1n) is 8.11. The van der Waals surface area contributed by atoms with Gasteiger partial charge in [0.2, 0.25) is 0 Å². The Kier molecular flexibility index (Phi) is 4.01. The Hall–Kier alpha value is -2.30. The molecule has 4 rings (SSSR count). The summed E-state index contributed by atoms with van der Waals surface area (Å²) in [5, 5.41) is 5.84. The van der Waals surface area contributed by atoms with Crippen molar-refractivity contribution in [3.63, 3.8) is 0 Å². The second-order valence-electron chi connectivity index (χ2n) is 5.93. The Bertz CT molecular complexity index is 781. The quantitative estimate of drug-likeness (QED) is 0.807. The third-order valence-electron chi connectivity index (χ3n) is 4.47. The van der Waals surface area contributed by atoms with E-state index in [1.807, 2.05) is 24.7 Å². The summed E-state index contributed by atoms with van der Waals surface area (Å²) in [6, 6.07) is 15.1. The molecular formula is C19H20N4. The smallest absolute Gasteiger partial charge is 0.0777 e. The number of aromatic nitrogens is 2. The summed E-state index contributed by atoms with van der Waals surface area (Å²) in [7, 11) is 0. The van der Waals surface area contributed by atoms with Crippen molar-refractivity contribution in [3.05, 3.63) is 72.3 Å². The van der Waals surface area contributed by atoms with E-state index in [-0.39, 0.29) is 6.04 Å². The maximum atomic E-state index is 4.64. The number of nitrogens with one attached hydrogen (secondary N) is 1. The number of pyridine rings is 2. The van der Waals surface area contributed by atoms with Crippen molar-refractivity contribution in [1.82, 2.24) is 20.2 Å². The molecule has 3 heterocycles. The van der Waals surface area contributed by atoms with Crippen LogP contribution in [0.4, 0.5) is 0 Å². The molecule has 4 nitrogen and oxygen atoms in total. The number of nitrogens with zero attached hydrogens (tertiary/aromatic N) is 3. The molecule has 3 aromatic rings. The van der Waals surface area contributed by atoms with Crippen LogP contribution < -0.4 is 5.32 Å². The van der Waals surface area contributed by atoms with Gasteiger partial charge < -0.3 is 5.32 Å². The van der Waals surface area contributed by atoms with E-state index in [0.29, 0.717) is 0 Å². The van der Waals surface area contributed by atoms with E-state index in [1.165, 1.54) is 16.3 Å². The average molecular weight is 304 g/mol. The zero-order chi connectivity index (χ0) is 15.5. The first-order valence-corrected chi connectivity index (χ1v) is 8.11. The van der Waals surface area contributed by atoms with Gasteiger partial charge >= 0.3 is 0 Å². The molecule has 23 heavy (non-hydrogen) atoms. The Morgan fingerprint density at radius 1 is 0.957 bits per heavy atom. The molecular weight excluding hydrogens is 284 g/mol. The molecule has 116 valence electrons. The Morgan fingerprint density at radius 3 is 2.70 bits per heavy atom. The standard InChI is InChI=1S/C19H20N4/c1-2-7-22-18(3-1)19(23-11-9-20-10-12-23)16-4-5-17-14-21-8-6-15(17)13-16/h1-8,13-14,19-20H,9-12H2. The molecule has 0 spiro atoms. The van der Waals surface area contributed by atoms with Crippen LogP contribution in [0.5, 0.6) is 0 Å². The van der Waals surface area contributed by atoms with Crippen molar-refractivity contribution in [2.45, 2.75) is 6.04 Å². The van der Waals surface area contributed by atoms with E-state index in [2.05, 4.69) is 56.6 Å². The molecule has 0 radical (unpaired) electrons. The summed E-state index contributed by atoms with van der Waals surface area (Å²) < 4.78 is 0. The molecule has 1 aliphatic heterocycles. The van der Waals surface area contributed by atoms with Gasteiger partial charge in [-0.1, -0.05) is 18.2 Å². The molecule has 1 saturated heterocycles. The van der Waals surface area contributed by atoms with Crippen LogP contribution in [0, 0.1) is 0 Å². The number of benzene rings is 1. The summed E-state index contributed by atoms with van der Waals surface area (Å²) >= 11 is 0. The monoisotopic (exact) mass is 304 g/mol. The van der Waals surface area contributed by atoms with Gasteiger partial charge in [-0.2, -0.15) is 0 Å². The predicted octanol–water partition coefficient (Wildman–Crippen LogP) is 2.62. The highest BCUT2D eigenvalue weighted by Gasteiger charge is 2.24. The maximum Gasteiger partial charge on any atom is 0.0777 e. The molecule has 0 aliphatic carbocycles. The van der Waals surface area contributed by atoms with E-state index in [1.54, 1.807) is 0 Å². The molecule has 0 saturated carbocycles. The summed E-state index contributed by atoms with van der Waals surface area (Å²) in [6.07, 6.45) is 5.65. The predicted molar refractivity (Wildman–Crippen MR) is 92.3 cm³/mol. The van der Waals surface area contributed by atoms with E-state index in [4.69, 9.17) is 0 Å². The zero-order valence-electron chi connectivity index (χ0n) is 13.0. The first kappa shape index (κ1) is 14.3. The fraction of sp³-hybridized carbons (Fsp3) is 0.263. The van der Waals surface area contributed by atoms with Gasteiger partial charge in [-0.25, -0.2) is 0 Å². The van der Waals surface area contributed by atoms with Gasteiger partial charge in [0.25, 0.3) is 0 Å². The van der Waals surface area contributed by atoms with Crippen molar-refractivity contribution in [2.75, 3.05) is 26.2 Å². The van der Waals surface area contributed by atoms with Crippen molar-refractivity contribution in [3.8, 4) is 0 Å². The Balaban J connectivity index is 1.79. The molecule has 1 unspecified atom stereocenters.